The minimum Gasteiger partial charge on any atom is -0.168 e. The first-order chi connectivity index (χ1) is 4.21. The number of halogens is 4. The summed E-state index contributed by atoms with van der Waals surface area (Å²) in [7, 11) is -1.38. The molecule has 0 aliphatic carbocycles. The quantitative estimate of drug-likeness (QED) is 0.375. The monoisotopic (exact) mass is 370 g/mol. The molecule has 0 saturated carbocycles. The fourth-order valence-corrected chi connectivity index (χ4v) is 3.38. The molecule has 0 N–H and O–H groups in total. The van der Waals surface area contributed by atoms with Crippen LogP contribution in [0.4, 0.5) is 0 Å². The number of alkyl halides is 3. The zero-order chi connectivity index (χ0) is 8.41. The van der Waals surface area contributed by atoms with Gasteiger partial charge in [-0.05, 0) is 12.5 Å². The minimum absolute atomic E-state index is 0.105. The van der Waals surface area contributed by atoms with Crippen LogP contribution in [0.15, 0.2) is 0 Å². The van der Waals surface area contributed by atoms with Gasteiger partial charge in [-0.2, -0.15) is 11.1 Å². The van der Waals surface area contributed by atoms with Gasteiger partial charge < -0.3 is 0 Å². The maximum atomic E-state index is 6.12. The second-order valence-electron chi connectivity index (χ2n) is 2.83. The zero-order valence-corrected chi connectivity index (χ0v) is 12.4. The smallest absolute Gasteiger partial charge is 0.150 e. The molecule has 0 saturated heterocycles. The van der Waals surface area contributed by atoms with E-state index in [1.807, 2.05) is 0 Å². The minimum atomic E-state index is -1.38. The predicted molar refractivity (Wildman–Crippen MR) is 62.3 cm³/mol. The summed E-state index contributed by atoms with van der Waals surface area (Å²) in [5.41, 5.74) is 0. The lowest BCUT2D eigenvalue weighted by atomic mass is 10.6. The molecule has 0 fully saturated rings. The van der Waals surface area contributed by atoms with Crippen molar-refractivity contribution in [1.82, 2.24) is 0 Å². The van der Waals surface area contributed by atoms with Gasteiger partial charge in [-0.3, -0.25) is 0 Å². The molecule has 0 nitrogen and oxygen atoms in total. The van der Waals surface area contributed by atoms with Crippen LogP contribution in [0, 0.1) is 0 Å². The summed E-state index contributed by atoms with van der Waals surface area (Å²) in [6, 6.07) is 1.09. The van der Waals surface area contributed by atoms with Crippen LogP contribution in [-0.4, -0.2) is 9.53 Å². The average Bonchev–Trinajstić information content (AvgIpc) is 1.57. The molecule has 0 aliphatic rings. The summed E-state index contributed by atoms with van der Waals surface area (Å²) in [5, 5.41) is 0. The second kappa shape index (κ2) is 4.26. The standard InChI is InChI=1S/C5H10Br3ClSi/c1-10(2,9)4-3-5(6,7)8/h3-4H2,1-2H3. The van der Waals surface area contributed by atoms with E-state index in [4.69, 9.17) is 11.1 Å². The Hall–Kier alpha value is 1.95. The Kier molecular flexibility index (Phi) is 5.09. The SMILES string of the molecule is C[Si](C)(Cl)CCC(Br)(Br)Br. The summed E-state index contributed by atoms with van der Waals surface area (Å²) in [6.07, 6.45) is 1.01. The average molecular weight is 373 g/mol. The number of hydrogen-bond donors (Lipinski definition) is 0. The van der Waals surface area contributed by atoms with Gasteiger partial charge in [0.15, 0.2) is 7.38 Å². The molecule has 0 rings (SSSR count). The molecule has 0 aromatic carbocycles. The van der Waals surface area contributed by atoms with Crippen molar-refractivity contribution in [3.05, 3.63) is 0 Å². The Morgan fingerprint density at radius 2 is 1.70 bits per heavy atom. The van der Waals surface area contributed by atoms with Crippen LogP contribution in [0.5, 0.6) is 0 Å². The molecule has 0 unspecified atom stereocenters. The van der Waals surface area contributed by atoms with E-state index in [0.29, 0.717) is 0 Å². The van der Waals surface area contributed by atoms with E-state index in [1.165, 1.54) is 0 Å². The van der Waals surface area contributed by atoms with E-state index in [2.05, 4.69) is 60.9 Å². The third-order valence-corrected chi connectivity index (χ3v) is 4.20. The van der Waals surface area contributed by atoms with Crippen molar-refractivity contribution in [3.63, 3.8) is 0 Å². The van der Waals surface area contributed by atoms with Crippen LogP contribution >= 0.6 is 58.9 Å². The topological polar surface area (TPSA) is 0 Å². The van der Waals surface area contributed by atoms with Crippen molar-refractivity contribution < 1.29 is 0 Å². The van der Waals surface area contributed by atoms with Crippen LogP contribution in [-0.2, 0) is 0 Å². The first-order valence-electron chi connectivity index (χ1n) is 2.96. The maximum Gasteiger partial charge on any atom is 0.150 e. The lowest BCUT2D eigenvalue weighted by Gasteiger charge is -2.17. The van der Waals surface area contributed by atoms with Gasteiger partial charge in [0.2, 0.25) is 0 Å². The van der Waals surface area contributed by atoms with Crippen molar-refractivity contribution in [2.75, 3.05) is 0 Å². The molecular formula is C5H10Br3ClSi. The summed E-state index contributed by atoms with van der Waals surface area (Å²) in [4.78, 5) is 0. The fraction of sp³-hybridized carbons (Fsp3) is 1.00. The molecule has 0 radical (unpaired) electrons. The number of rotatable bonds is 2. The lowest BCUT2D eigenvalue weighted by Crippen LogP contribution is -2.18. The van der Waals surface area contributed by atoms with E-state index in [1.54, 1.807) is 0 Å². The van der Waals surface area contributed by atoms with Crippen molar-refractivity contribution in [3.8, 4) is 0 Å². The number of hydrogen-bond acceptors (Lipinski definition) is 0. The van der Waals surface area contributed by atoms with Crippen molar-refractivity contribution in [2.45, 2.75) is 27.7 Å². The zero-order valence-electron chi connectivity index (χ0n) is 5.93. The van der Waals surface area contributed by atoms with Gasteiger partial charge in [-0.1, -0.05) is 60.9 Å². The molecule has 62 valence electrons. The van der Waals surface area contributed by atoms with Gasteiger partial charge in [0.1, 0.15) is 2.14 Å². The first-order valence-corrected chi connectivity index (χ1v) is 9.56. The van der Waals surface area contributed by atoms with Crippen molar-refractivity contribution in [1.29, 1.82) is 0 Å². The van der Waals surface area contributed by atoms with Gasteiger partial charge >= 0.3 is 0 Å². The Bertz CT molecular complexity index is 90.4. The maximum absolute atomic E-state index is 6.12. The van der Waals surface area contributed by atoms with E-state index in [9.17, 15) is 0 Å². The van der Waals surface area contributed by atoms with Gasteiger partial charge in [-0.25, -0.2) is 0 Å². The van der Waals surface area contributed by atoms with Gasteiger partial charge in [0.25, 0.3) is 0 Å². The Morgan fingerprint density at radius 1 is 1.30 bits per heavy atom. The fourth-order valence-electron chi connectivity index (χ4n) is 0.439. The summed E-state index contributed by atoms with van der Waals surface area (Å²) in [5.74, 6) is 0. The molecule has 0 aliphatic heterocycles. The lowest BCUT2D eigenvalue weighted by molar-refractivity contribution is 1.02. The Labute approximate surface area is 93.2 Å². The van der Waals surface area contributed by atoms with Crippen molar-refractivity contribution in [2.24, 2.45) is 0 Å². The van der Waals surface area contributed by atoms with Crippen LogP contribution in [0.25, 0.3) is 0 Å². The molecule has 10 heavy (non-hydrogen) atoms. The molecule has 0 aromatic rings. The summed E-state index contributed by atoms with van der Waals surface area (Å²) >= 11 is 16.4. The van der Waals surface area contributed by atoms with Crippen LogP contribution < -0.4 is 0 Å². The molecule has 0 aromatic heterocycles. The Morgan fingerprint density at radius 3 is 1.80 bits per heavy atom. The summed E-state index contributed by atoms with van der Waals surface area (Å²) < 4.78 is -0.105. The highest BCUT2D eigenvalue weighted by atomic mass is 80.0. The van der Waals surface area contributed by atoms with E-state index < -0.39 is 7.38 Å². The van der Waals surface area contributed by atoms with Gasteiger partial charge in [0, 0.05) is 0 Å². The highest BCUT2D eigenvalue weighted by Gasteiger charge is 2.24. The van der Waals surface area contributed by atoms with E-state index >= 15 is 0 Å². The van der Waals surface area contributed by atoms with Crippen LogP contribution in [0.2, 0.25) is 19.1 Å². The van der Waals surface area contributed by atoms with Crippen LogP contribution in [0.1, 0.15) is 6.42 Å². The molecular weight excluding hydrogens is 363 g/mol. The molecule has 5 heteroatoms. The molecule has 0 spiro atoms. The highest BCUT2D eigenvalue weighted by molar-refractivity contribution is 9.39. The molecule has 0 heterocycles. The first kappa shape index (κ1) is 11.9. The normalized spacial score (nSPS) is 13.8. The second-order valence-corrected chi connectivity index (χ2v) is 17.1. The molecule has 0 atom stereocenters. The Balaban J connectivity index is 3.56. The molecule has 0 bridgehead atoms. The molecule has 0 amide bonds. The van der Waals surface area contributed by atoms with E-state index in [0.717, 1.165) is 12.5 Å². The van der Waals surface area contributed by atoms with Crippen molar-refractivity contribution >= 4 is 66.3 Å². The highest BCUT2D eigenvalue weighted by Crippen LogP contribution is 2.40. The van der Waals surface area contributed by atoms with E-state index in [-0.39, 0.29) is 2.14 Å². The summed E-state index contributed by atoms with van der Waals surface area (Å²) in [6.45, 7) is 4.29. The largest absolute Gasteiger partial charge is 0.168 e. The van der Waals surface area contributed by atoms with Gasteiger partial charge in [0.05, 0.1) is 0 Å². The predicted octanol–water partition coefficient (Wildman–Crippen LogP) is 4.66. The van der Waals surface area contributed by atoms with Gasteiger partial charge in [-0.15, -0.1) is 0 Å². The third-order valence-electron chi connectivity index (χ3n) is 1.00. The van der Waals surface area contributed by atoms with Crippen LogP contribution in [0.3, 0.4) is 0 Å². The third kappa shape index (κ3) is 9.95.